The maximum Gasteiger partial charge on any atom is 0.142 e. The number of nitrogens with one attached hydrogen (secondary N) is 1. The predicted octanol–water partition coefficient (Wildman–Crippen LogP) is 4.82. The number of hydrogen-bond acceptors (Lipinski definition) is 5. The van der Waals surface area contributed by atoms with Gasteiger partial charge < -0.3 is 5.32 Å². The molecule has 130 valence electrons. The number of aryl methyl sites for hydroxylation is 1. The maximum atomic E-state index is 6.30. The zero-order valence-electron chi connectivity index (χ0n) is 13.8. The van der Waals surface area contributed by atoms with Crippen molar-refractivity contribution >= 4 is 45.7 Å². The molecule has 0 fully saturated rings. The number of para-hydroxylation sites is 1. The van der Waals surface area contributed by atoms with E-state index in [4.69, 9.17) is 23.2 Å². The fraction of sp³-hybridized carbons (Fsp3) is 0.111. The second-order valence-corrected chi connectivity index (χ2v) is 6.42. The van der Waals surface area contributed by atoms with Crippen LogP contribution in [0.4, 0.5) is 11.6 Å². The van der Waals surface area contributed by atoms with E-state index in [1.807, 2.05) is 25.3 Å². The number of pyridine rings is 1. The monoisotopic (exact) mass is 384 g/mol. The molecule has 4 rings (SSSR count). The number of benzene rings is 1. The van der Waals surface area contributed by atoms with Gasteiger partial charge >= 0.3 is 0 Å². The summed E-state index contributed by atoms with van der Waals surface area (Å²) >= 11 is 12.6. The smallest absolute Gasteiger partial charge is 0.142 e. The normalized spacial score (nSPS) is 11.0. The molecule has 0 aliphatic carbocycles. The Labute approximate surface area is 159 Å². The molecule has 3 heterocycles. The molecule has 0 saturated carbocycles. The number of aromatic nitrogens is 5. The van der Waals surface area contributed by atoms with Crippen LogP contribution in [0.2, 0.25) is 10.0 Å². The van der Waals surface area contributed by atoms with Gasteiger partial charge in [0.05, 0.1) is 20.9 Å². The predicted molar refractivity (Wildman–Crippen MR) is 104 cm³/mol. The molecule has 0 radical (unpaired) electrons. The Bertz CT molecular complexity index is 1070. The third kappa shape index (κ3) is 3.09. The Morgan fingerprint density at radius 2 is 1.88 bits per heavy atom. The minimum Gasteiger partial charge on any atom is -0.324 e. The molecule has 0 bridgehead atoms. The van der Waals surface area contributed by atoms with Crippen LogP contribution < -0.4 is 5.32 Å². The summed E-state index contributed by atoms with van der Waals surface area (Å²) in [6, 6.07) is 9.08. The molecular formula is C18H14Cl2N6. The molecule has 1 aromatic carbocycles. The van der Waals surface area contributed by atoms with Crippen LogP contribution in [0.25, 0.3) is 16.6 Å². The van der Waals surface area contributed by atoms with Crippen molar-refractivity contribution in [2.45, 2.75) is 13.3 Å². The van der Waals surface area contributed by atoms with Crippen LogP contribution in [0.5, 0.6) is 0 Å². The van der Waals surface area contributed by atoms with Crippen LogP contribution in [-0.4, -0.2) is 24.7 Å². The topological polar surface area (TPSA) is 68.5 Å². The molecule has 0 atom stereocenters. The van der Waals surface area contributed by atoms with E-state index in [2.05, 4.69) is 25.4 Å². The first-order valence-electron chi connectivity index (χ1n) is 8.02. The van der Waals surface area contributed by atoms with Crippen molar-refractivity contribution in [2.75, 3.05) is 5.32 Å². The number of nitrogens with zero attached hydrogens (tertiary/aromatic N) is 5. The van der Waals surface area contributed by atoms with Crippen molar-refractivity contribution in [3.05, 3.63) is 64.8 Å². The summed E-state index contributed by atoms with van der Waals surface area (Å²) in [5.74, 6) is 1.33. The Kier molecular flexibility index (Phi) is 4.44. The highest BCUT2D eigenvalue weighted by atomic mass is 35.5. The summed E-state index contributed by atoms with van der Waals surface area (Å²) in [6.07, 6.45) is 5.91. The van der Waals surface area contributed by atoms with Gasteiger partial charge in [-0.15, -0.1) is 0 Å². The first kappa shape index (κ1) is 16.8. The lowest BCUT2D eigenvalue weighted by Crippen LogP contribution is -1.98. The van der Waals surface area contributed by atoms with Gasteiger partial charge in [-0.05, 0) is 24.6 Å². The first-order valence-corrected chi connectivity index (χ1v) is 8.78. The standard InChI is InChI=1S/C18H14Cl2N6/c1-2-11-8-16(23-10-22-11)24-18-12-9-26(25-15(12)6-7-21-18)17-13(19)4-3-5-14(17)20/h3-10H,2H2,1H3,(H,21,22,23,24). The Morgan fingerprint density at radius 1 is 1.08 bits per heavy atom. The van der Waals surface area contributed by atoms with Crippen molar-refractivity contribution in [1.29, 1.82) is 0 Å². The third-order valence-corrected chi connectivity index (χ3v) is 4.54. The van der Waals surface area contributed by atoms with Crippen molar-refractivity contribution in [1.82, 2.24) is 24.7 Å². The maximum absolute atomic E-state index is 6.30. The molecule has 0 aliphatic rings. The van der Waals surface area contributed by atoms with Crippen LogP contribution in [0.3, 0.4) is 0 Å². The van der Waals surface area contributed by atoms with Gasteiger partial charge in [-0.1, -0.05) is 36.2 Å². The lowest BCUT2D eigenvalue weighted by atomic mass is 10.3. The fourth-order valence-electron chi connectivity index (χ4n) is 2.65. The molecule has 0 saturated heterocycles. The van der Waals surface area contributed by atoms with Gasteiger partial charge in [-0.25, -0.2) is 19.6 Å². The Morgan fingerprint density at radius 3 is 2.65 bits per heavy atom. The molecule has 4 aromatic rings. The van der Waals surface area contributed by atoms with Gasteiger partial charge in [0.15, 0.2) is 0 Å². The quantitative estimate of drug-likeness (QED) is 0.545. The summed E-state index contributed by atoms with van der Waals surface area (Å²) in [4.78, 5) is 12.9. The van der Waals surface area contributed by atoms with Gasteiger partial charge in [-0.2, -0.15) is 5.10 Å². The van der Waals surface area contributed by atoms with Gasteiger partial charge in [-0.3, -0.25) is 0 Å². The first-order chi connectivity index (χ1) is 12.7. The average Bonchev–Trinajstić information content (AvgIpc) is 3.06. The Balaban J connectivity index is 1.79. The number of hydrogen-bond donors (Lipinski definition) is 1. The highest BCUT2D eigenvalue weighted by Crippen LogP contribution is 2.30. The van der Waals surface area contributed by atoms with Crippen LogP contribution >= 0.6 is 23.2 Å². The largest absolute Gasteiger partial charge is 0.324 e. The number of fused-ring (bicyclic) bond motifs is 1. The lowest BCUT2D eigenvalue weighted by molar-refractivity contribution is 0.897. The average molecular weight is 385 g/mol. The van der Waals surface area contributed by atoms with Crippen LogP contribution in [0.15, 0.2) is 49.1 Å². The van der Waals surface area contributed by atoms with E-state index in [9.17, 15) is 0 Å². The molecule has 0 amide bonds. The molecule has 0 spiro atoms. The van der Waals surface area contributed by atoms with E-state index in [-0.39, 0.29) is 0 Å². The fourth-order valence-corrected chi connectivity index (χ4v) is 3.22. The molecular weight excluding hydrogens is 371 g/mol. The number of anilines is 2. The van der Waals surface area contributed by atoms with Crippen molar-refractivity contribution in [2.24, 2.45) is 0 Å². The summed E-state index contributed by atoms with van der Waals surface area (Å²) in [5, 5.41) is 9.69. The highest BCUT2D eigenvalue weighted by molar-refractivity contribution is 6.37. The van der Waals surface area contributed by atoms with E-state index in [0.29, 0.717) is 27.4 Å². The zero-order valence-corrected chi connectivity index (χ0v) is 15.3. The van der Waals surface area contributed by atoms with E-state index < -0.39 is 0 Å². The summed E-state index contributed by atoms with van der Waals surface area (Å²) in [5.41, 5.74) is 2.35. The van der Waals surface area contributed by atoms with E-state index in [1.54, 1.807) is 29.1 Å². The minimum atomic E-state index is 0.524. The second-order valence-electron chi connectivity index (χ2n) is 5.61. The van der Waals surface area contributed by atoms with Gasteiger partial charge in [0.2, 0.25) is 0 Å². The highest BCUT2D eigenvalue weighted by Gasteiger charge is 2.13. The molecule has 26 heavy (non-hydrogen) atoms. The SMILES string of the molecule is CCc1cc(Nc2nccc3nn(-c4c(Cl)cccc4Cl)cc23)ncn1. The molecule has 6 nitrogen and oxygen atoms in total. The molecule has 1 N–H and O–H groups in total. The van der Waals surface area contributed by atoms with Crippen LogP contribution in [0.1, 0.15) is 12.6 Å². The number of halogens is 2. The van der Waals surface area contributed by atoms with Crippen LogP contribution in [0, 0.1) is 0 Å². The van der Waals surface area contributed by atoms with Gasteiger partial charge in [0.25, 0.3) is 0 Å². The number of rotatable bonds is 4. The van der Waals surface area contributed by atoms with Crippen molar-refractivity contribution < 1.29 is 0 Å². The molecule has 0 unspecified atom stereocenters. The van der Waals surface area contributed by atoms with E-state index in [0.717, 1.165) is 23.0 Å². The molecule has 8 heteroatoms. The van der Waals surface area contributed by atoms with Gasteiger partial charge in [0.1, 0.15) is 23.7 Å². The summed E-state index contributed by atoms with van der Waals surface area (Å²) < 4.78 is 1.67. The van der Waals surface area contributed by atoms with Crippen molar-refractivity contribution in [3.63, 3.8) is 0 Å². The molecule has 0 aliphatic heterocycles. The third-order valence-electron chi connectivity index (χ3n) is 3.93. The molecule has 3 aromatic heterocycles. The second kappa shape index (κ2) is 6.90. The van der Waals surface area contributed by atoms with E-state index >= 15 is 0 Å². The van der Waals surface area contributed by atoms with E-state index in [1.165, 1.54) is 6.33 Å². The minimum absolute atomic E-state index is 0.524. The van der Waals surface area contributed by atoms with Crippen molar-refractivity contribution in [3.8, 4) is 5.69 Å². The summed E-state index contributed by atoms with van der Waals surface area (Å²) in [6.45, 7) is 2.04. The van der Waals surface area contributed by atoms with Crippen LogP contribution in [-0.2, 0) is 6.42 Å². The summed E-state index contributed by atoms with van der Waals surface area (Å²) in [7, 11) is 0. The Hall–Kier alpha value is -2.70. The van der Waals surface area contributed by atoms with Gasteiger partial charge in [0, 0.05) is 24.2 Å². The zero-order chi connectivity index (χ0) is 18.1. The lowest BCUT2D eigenvalue weighted by Gasteiger charge is -2.06.